The van der Waals surface area contributed by atoms with Gasteiger partial charge in [0.05, 0.1) is 12.5 Å². The van der Waals surface area contributed by atoms with E-state index in [9.17, 15) is 0 Å². The van der Waals surface area contributed by atoms with Crippen molar-refractivity contribution in [3.8, 4) is 0 Å². The Balaban J connectivity index is 1.65. The van der Waals surface area contributed by atoms with Gasteiger partial charge in [0.15, 0.2) is 0 Å². The first-order chi connectivity index (χ1) is 8.34. The highest BCUT2D eigenvalue weighted by Gasteiger charge is 2.34. The molecule has 17 heavy (non-hydrogen) atoms. The molecule has 0 amide bonds. The Bertz CT molecular complexity index is 346. The van der Waals surface area contributed by atoms with E-state index in [-0.39, 0.29) is 6.04 Å². The van der Waals surface area contributed by atoms with Crippen molar-refractivity contribution in [3.63, 3.8) is 0 Å². The molecule has 3 rings (SSSR count). The van der Waals surface area contributed by atoms with Gasteiger partial charge in [0.2, 0.25) is 0 Å². The van der Waals surface area contributed by atoms with Crippen molar-refractivity contribution in [2.75, 3.05) is 0 Å². The third kappa shape index (κ3) is 2.28. The number of nitrogens with two attached hydrogens (primary N) is 1. The fourth-order valence-electron chi connectivity index (χ4n) is 3.97. The maximum Gasteiger partial charge on any atom is 0.0950 e. The van der Waals surface area contributed by atoms with Crippen LogP contribution >= 0.6 is 0 Å². The van der Waals surface area contributed by atoms with Crippen LogP contribution in [0.2, 0.25) is 0 Å². The summed E-state index contributed by atoms with van der Waals surface area (Å²) >= 11 is 0. The van der Waals surface area contributed by atoms with Crippen LogP contribution in [0.3, 0.4) is 0 Å². The second-order valence-electron chi connectivity index (χ2n) is 5.96. The summed E-state index contributed by atoms with van der Waals surface area (Å²) in [5.41, 5.74) is 7.56. The standard InChI is InChI=1S/C15H23NO/c16-15(14-7-8-17-10-14)13-6-5-11-3-1-2-4-12(11)9-13/h7-8,10-13,15H,1-6,9,16H2. The Kier molecular flexibility index (Phi) is 3.24. The Hall–Kier alpha value is -0.760. The first-order valence-corrected chi connectivity index (χ1v) is 7.12. The maximum atomic E-state index is 6.38. The first kappa shape index (κ1) is 11.3. The summed E-state index contributed by atoms with van der Waals surface area (Å²) in [7, 11) is 0. The van der Waals surface area contributed by atoms with Gasteiger partial charge in [0.1, 0.15) is 0 Å². The average Bonchev–Trinajstić information content (AvgIpc) is 2.91. The number of furan rings is 1. The Morgan fingerprint density at radius 3 is 2.71 bits per heavy atom. The van der Waals surface area contributed by atoms with Crippen molar-refractivity contribution in [2.45, 2.75) is 51.0 Å². The molecule has 4 unspecified atom stereocenters. The van der Waals surface area contributed by atoms with E-state index >= 15 is 0 Å². The van der Waals surface area contributed by atoms with Gasteiger partial charge < -0.3 is 10.2 Å². The molecule has 2 nitrogen and oxygen atoms in total. The third-order valence-corrected chi connectivity index (χ3v) is 5.02. The summed E-state index contributed by atoms with van der Waals surface area (Å²) in [6.45, 7) is 0. The molecule has 2 heteroatoms. The lowest BCUT2D eigenvalue weighted by Crippen LogP contribution is -2.32. The van der Waals surface area contributed by atoms with E-state index in [2.05, 4.69) is 0 Å². The van der Waals surface area contributed by atoms with Crippen molar-refractivity contribution in [3.05, 3.63) is 24.2 Å². The fraction of sp³-hybridized carbons (Fsp3) is 0.733. The average molecular weight is 233 g/mol. The lowest BCUT2D eigenvalue weighted by atomic mass is 9.66. The van der Waals surface area contributed by atoms with E-state index in [0.717, 1.165) is 11.8 Å². The molecule has 4 atom stereocenters. The van der Waals surface area contributed by atoms with Crippen LogP contribution in [0.15, 0.2) is 23.0 Å². The summed E-state index contributed by atoms with van der Waals surface area (Å²) in [6.07, 6.45) is 13.4. The molecular formula is C15H23NO. The highest BCUT2D eigenvalue weighted by molar-refractivity contribution is 5.12. The Morgan fingerprint density at radius 2 is 1.94 bits per heavy atom. The molecule has 0 aliphatic heterocycles. The van der Waals surface area contributed by atoms with E-state index < -0.39 is 0 Å². The van der Waals surface area contributed by atoms with Crippen molar-refractivity contribution >= 4 is 0 Å². The largest absolute Gasteiger partial charge is 0.472 e. The van der Waals surface area contributed by atoms with Crippen LogP contribution in [0, 0.1) is 17.8 Å². The molecule has 2 aliphatic carbocycles. The van der Waals surface area contributed by atoms with E-state index in [4.69, 9.17) is 10.2 Å². The molecule has 1 aromatic heterocycles. The molecular weight excluding hydrogens is 210 g/mol. The normalized spacial score (nSPS) is 35.2. The van der Waals surface area contributed by atoms with E-state index in [1.807, 2.05) is 12.3 Å². The molecule has 94 valence electrons. The van der Waals surface area contributed by atoms with Crippen LogP contribution < -0.4 is 5.73 Å². The fourth-order valence-corrected chi connectivity index (χ4v) is 3.97. The molecule has 0 bridgehead atoms. The number of hydrogen-bond donors (Lipinski definition) is 1. The van der Waals surface area contributed by atoms with Crippen LogP contribution in [0.5, 0.6) is 0 Å². The monoisotopic (exact) mass is 233 g/mol. The van der Waals surface area contributed by atoms with Gasteiger partial charge in [-0.05, 0) is 43.1 Å². The van der Waals surface area contributed by atoms with E-state index in [1.54, 1.807) is 6.26 Å². The van der Waals surface area contributed by atoms with Gasteiger partial charge in [-0.3, -0.25) is 0 Å². The van der Waals surface area contributed by atoms with Crippen molar-refractivity contribution in [1.82, 2.24) is 0 Å². The van der Waals surface area contributed by atoms with Crippen LogP contribution in [0.4, 0.5) is 0 Å². The SMILES string of the molecule is NC(c1ccoc1)C1CCC2CCCCC2C1. The molecule has 2 N–H and O–H groups in total. The summed E-state index contributed by atoms with van der Waals surface area (Å²) < 4.78 is 5.15. The van der Waals surface area contributed by atoms with Gasteiger partial charge in [-0.25, -0.2) is 0 Å². The second-order valence-corrected chi connectivity index (χ2v) is 5.96. The molecule has 2 aliphatic rings. The van der Waals surface area contributed by atoms with Gasteiger partial charge in [0.25, 0.3) is 0 Å². The van der Waals surface area contributed by atoms with Crippen molar-refractivity contribution in [2.24, 2.45) is 23.5 Å². The maximum absolute atomic E-state index is 6.38. The zero-order valence-electron chi connectivity index (χ0n) is 10.5. The summed E-state index contributed by atoms with van der Waals surface area (Å²) in [5.74, 6) is 2.64. The topological polar surface area (TPSA) is 39.2 Å². The van der Waals surface area contributed by atoms with E-state index in [1.165, 1.54) is 50.5 Å². The molecule has 0 radical (unpaired) electrons. The van der Waals surface area contributed by atoms with Crippen molar-refractivity contribution in [1.29, 1.82) is 0 Å². The molecule has 0 spiro atoms. The summed E-state index contributed by atoms with van der Waals surface area (Å²) in [5, 5.41) is 0. The minimum Gasteiger partial charge on any atom is -0.472 e. The molecule has 1 aromatic rings. The first-order valence-electron chi connectivity index (χ1n) is 7.12. The smallest absolute Gasteiger partial charge is 0.0950 e. The van der Waals surface area contributed by atoms with Crippen LogP contribution in [0.25, 0.3) is 0 Å². The lowest BCUT2D eigenvalue weighted by molar-refractivity contribution is 0.117. The van der Waals surface area contributed by atoms with Gasteiger partial charge >= 0.3 is 0 Å². The van der Waals surface area contributed by atoms with Crippen LogP contribution in [-0.4, -0.2) is 0 Å². The number of rotatable bonds is 2. The molecule has 0 aromatic carbocycles. The predicted octanol–water partition coefficient (Wildman–Crippen LogP) is 3.89. The van der Waals surface area contributed by atoms with Crippen LogP contribution in [0.1, 0.15) is 56.6 Å². The molecule has 1 heterocycles. The lowest BCUT2D eigenvalue weighted by Gasteiger charge is -2.41. The van der Waals surface area contributed by atoms with Gasteiger partial charge in [-0.15, -0.1) is 0 Å². The van der Waals surface area contributed by atoms with Gasteiger partial charge in [0, 0.05) is 11.6 Å². The van der Waals surface area contributed by atoms with E-state index in [0.29, 0.717) is 5.92 Å². The summed E-state index contributed by atoms with van der Waals surface area (Å²) in [4.78, 5) is 0. The number of hydrogen-bond acceptors (Lipinski definition) is 2. The van der Waals surface area contributed by atoms with Gasteiger partial charge in [-0.1, -0.05) is 25.7 Å². The third-order valence-electron chi connectivity index (χ3n) is 5.02. The predicted molar refractivity (Wildman–Crippen MR) is 68.4 cm³/mol. The van der Waals surface area contributed by atoms with Crippen LogP contribution in [-0.2, 0) is 0 Å². The molecule has 2 fully saturated rings. The molecule has 0 saturated heterocycles. The summed E-state index contributed by atoms with van der Waals surface area (Å²) in [6, 6.07) is 2.22. The Morgan fingerprint density at radius 1 is 1.12 bits per heavy atom. The zero-order valence-corrected chi connectivity index (χ0v) is 10.5. The second kappa shape index (κ2) is 4.85. The minimum absolute atomic E-state index is 0.191. The molecule has 2 saturated carbocycles. The highest BCUT2D eigenvalue weighted by atomic mass is 16.3. The number of fused-ring (bicyclic) bond motifs is 1. The van der Waals surface area contributed by atoms with Gasteiger partial charge in [-0.2, -0.15) is 0 Å². The minimum atomic E-state index is 0.191. The Labute approximate surface area is 104 Å². The highest BCUT2D eigenvalue weighted by Crippen LogP contribution is 2.45. The van der Waals surface area contributed by atoms with Crippen molar-refractivity contribution < 1.29 is 4.42 Å². The zero-order chi connectivity index (χ0) is 11.7. The quantitative estimate of drug-likeness (QED) is 0.841.